The van der Waals surface area contributed by atoms with Crippen molar-refractivity contribution in [2.75, 3.05) is 6.61 Å². The second-order valence-electron chi connectivity index (χ2n) is 4.75. The number of rotatable bonds is 5. The summed E-state index contributed by atoms with van der Waals surface area (Å²) in [6.45, 7) is 3.98. The fourth-order valence-corrected chi connectivity index (χ4v) is 3.06. The number of hydrogen-bond donors (Lipinski definition) is 2. The van der Waals surface area contributed by atoms with E-state index in [1.165, 1.54) is 21.9 Å². The Bertz CT molecular complexity index is 587. The molecule has 0 saturated heterocycles. The molecule has 2 aromatic rings. The van der Waals surface area contributed by atoms with Crippen LogP contribution in [-0.4, -0.2) is 11.7 Å². The Kier molecular flexibility index (Phi) is 5.16. The standard InChI is InChI=1S/C15H17ClFNOS/c1-9-3-6-15(20-9)10(2)18-14(8-19)11-4-5-12(16)13(17)7-11/h3-7,10,14,18-19H,8H2,1-2H3. The Balaban J connectivity index is 2.14. The van der Waals surface area contributed by atoms with E-state index in [0.717, 1.165) is 0 Å². The van der Waals surface area contributed by atoms with Gasteiger partial charge in [-0.25, -0.2) is 4.39 Å². The van der Waals surface area contributed by atoms with Crippen molar-refractivity contribution in [2.24, 2.45) is 0 Å². The van der Waals surface area contributed by atoms with Crippen molar-refractivity contribution >= 4 is 22.9 Å². The molecule has 0 bridgehead atoms. The van der Waals surface area contributed by atoms with Gasteiger partial charge in [0.05, 0.1) is 17.7 Å². The monoisotopic (exact) mass is 313 g/mol. The third-order valence-corrected chi connectivity index (χ3v) is 4.66. The van der Waals surface area contributed by atoms with Gasteiger partial charge in [0.25, 0.3) is 0 Å². The van der Waals surface area contributed by atoms with E-state index in [-0.39, 0.29) is 23.7 Å². The molecule has 0 aliphatic carbocycles. The van der Waals surface area contributed by atoms with E-state index in [9.17, 15) is 9.50 Å². The number of thiophene rings is 1. The van der Waals surface area contributed by atoms with Crippen LogP contribution in [0.25, 0.3) is 0 Å². The molecule has 0 amide bonds. The van der Waals surface area contributed by atoms with E-state index in [2.05, 4.69) is 24.4 Å². The molecule has 2 rings (SSSR count). The summed E-state index contributed by atoms with van der Waals surface area (Å²) in [5.74, 6) is -0.468. The molecule has 20 heavy (non-hydrogen) atoms. The molecule has 2 N–H and O–H groups in total. The maximum Gasteiger partial charge on any atom is 0.142 e. The normalized spacial score (nSPS) is 14.2. The van der Waals surface area contributed by atoms with Crippen LogP contribution in [0.4, 0.5) is 4.39 Å². The van der Waals surface area contributed by atoms with Gasteiger partial charge in [-0.15, -0.1) is 11.3 Å². The quantitative estimate of drug-likeness (QED) is 0.865. The summed E-state index contributed by atoms with van der Waals surface area (Å²) in [5.41, 5.74) is 0.689. The molecule has 0 spiro atoms. The molecule has 0 aliphatic heterocycles. The molecule has 2 nitrogen and oxygen atoms in total. The van der Waals surface area contributed by atoms with Crippen molar-refractivity contribution in [3.8, 4) is 0 Å². The minimum absolute atomic E-state index is 0.0876. The first kappa shape index (κ1) is 15.4. The highest BCUT2D eigenvalue weighted by molar-refractivity contribution is 7.12. The Morgan fingerprint density at radius 3 is 2.65 bits per heavy atom. The molecule has 2 unspecified atom stereocenters. The lowest BCUT2D eigenvalue weighted by molar-refractivity contribution is 0.235. The van der Waals surface area contributed by atoms with Crippen LogP contribution in [0.5, 0.6) is 0 Å². The third-order valence-electron chi connectivity index (χ3n) is 3.17. The maximum atomic E-state index is 13.5. The van der Waals surface area contributed by atoms with Gasteiger partial charge in [-0.2, -0.15) is 0 Å². The summed E-state index contributed by atoms with van der Waals surface area (Å²) in [7, 11) is 0. The predicted molar refractivity (Wildman–Crippen MR) is 81.8 cm³/mol. The van der Waals surface area contributed by atoms with Crippen LogP contribution in [0.2, 0.25) is 5.02 Å². The highest BCUT2D eigenvalue weighted by atomic mass is 35.5. The zero-order valence-electron chi connectivity index (χ0n) is 11.4. The van der Waals surface area contributed by atoms with E-state index >= 15 is 0 Å². The molecule has 0 fully saturated rings. The van der Waals surface area contributed by atoms with E-state index < -0.39 is 5.82 Å². The molecule has 0 aliphatic rings. The molecule has 108 valence electrons. The van der Waals surface area contributed by atoms with Gasteiger partial charge in [0, 0.05) is 15.8 Å². The lowest BCUT2D eigenvalue weighted by Crippen LogP contribution is -2.27. The van der Waals surface area contributed by atoms with Gasteiger partial charge in [-0.1, -0.05) is 17.7 Å². The molecule has 2 atom stereocenters. The average molecular weight is 314 g/mol. The molecule has 0 saturated carbocycles. The number of nitrogens with one attached hydrogen (secondary N) is 1. The van der Waals surface area contributed by atoms with Gasteiger partial charge in [0.1, 0.15) is 5.82 Å². The number of hydrogen-bond acceptors (Lipinski definition) is 3. The van der Waals surface area contributed by atoms with Crippen LogP contribution in [-0.2, 0) is 0 Å². The van der Waals surface area contributed by atoms with Gasteiger partial charge in [-0.05, 0) is 43.7 Å². The topological polar surface area (TPSA) is 32.3 Å². The summed E-state index contributed by atoms with van der Waals surface area (Å²) in [6.07, 6.45) is 0. The van der Waals surface area contributed by atoms with Crippen LogP contribution in [0.1, 0.15) is 34.3 Å². The number of aryl methyl sites for hydroxylation is 1. The van der Waals surface area contributed by atoms with Gasteiger partial charge in [-0.3, -0.25) is 0 Å². The van der Waals surface area contributed by atoms with Crippen molar-refractivity contribution in [1.82, 2.24) is 5.32 Å². The lowest BCUT2D eigenvalue weighted by atomic mass is 10.1. The SMILES string of the molecule is Cc1ccc(C(C)NC(CO)c2ccc(Cl)c(F)c2)s1. The first-order valence-corrected chi connectivity index (χ1v) is 7.59. The highest BCUT2D eigenvalue weighted by Crippen LogP contribution is 2.26. The summed E-state index contributed by atoms with van der Waals surface area (Å²) in [4.78, 5) is 2.43. The number of halogens is 2. The van der Waals surface area contributed by atoms with Crippen LogP contribution in [0, 0.1) is 12.7 Å². The fourth-order valence-electron chi connectivity index (χ4n) is 2.05. The zero-order chi connectivity index (χ0) is 14.7. The summed E-state index contributed by atoms with van der Waals surface area (Å²) < 4.78 is 13.5. The zero-order valence-corrected chi connectivity index (χ0v) is 12.9. The minimum atomic E-state index is -0.468. The van der Waals surface area contributed by atoms with Crippen LogP contribution in [0.15, 0.2) is 30.3 Å². The molecule has 1 aromatic heterocycles. The van der Waals surface area contributed by atoms with E-state index in [1.807, 2.05) is 6.92 Å². The smallest absolute Gasteiger partial charge is 0.142 e. The largest absolute Gasteiger partial charge is 0.394 e. The Morgan fingerprint density at radius 2 is 2.10 bits per heavy atom. The first-order valence-electron chi connectivity index (χ1n) is 6.39. The molecular weight excluding hydrogens is 297 g/mol. The second-order valence-corrected chi connectivity index (χ2v) is 6.47. The van der Waals surface area contributed by atoms with Crippen molar-refractivity contribution in [2.45, 2.75) is 25.9 Å². The van der Waals surface area contributed by atoms with E-state index in [1.54, 1.807) is 17.4 Å². The first-order chi connectivity index (χ1) is 9.51. The van der Waals surface area contributed by atoms with Gasteiger partial charge in [0.15, 0.2) is 0 Å². The number of aliphatic hydroxyl groups is 1. The highest BCUT2D eigenvalue weighted by Gasteiger charge is 2.16. The minimum Gasteiger partial charge on any atom is -0.394 e. The summed E-state index contributed by atoms with van der Waals surface area (Å²) in [6, 6.07) is 8.50. The lowest BCUT2D eigenvalue weighted by Gasteiger charge is -2.21. The van der Waals surface area contributed by atoms with Gasteiger partial charge >= 0.3 is 0 Å². The number of aliphatic hydroxyl groups excluding tert-OH is 1. The Morgan fingerprint density at radius 1 is 1.35 bits per heavy atom. The predicted octanol–water partition coefficient (Wildman–Crippen LogP) is 4.23. The molecule has 1 aromatic carbocycles. The van der Waals surface area contributed by atoms with Gasteiger partial charge in [0.2, 0.25) is 0 Å². The Hall–Kier alpha value is -0.940. The molecule has 1 heterocycles. The number of benzene rings is 1. The fraction of sp³-hybridized carbons (Fsp3) is 0.333. The van der Waals surface area contributed by atoms with Gasteiger partial charge < -0.3 is 10.4 Å². The Labute approximate surface area is 127 Å². The van der Waals surface area contributed by atoms with Crippen molar-refractivity contribution in [3.63, 3.8) is 0 Å². The molecule has 0 radical (unpaired) electrons. The van der Waals surface area contributed by atoms with Crippen LogP contribution in [0.3, 0.4) is 0 Å². The van der Waals surface area contributed by atoms with Crippen molar-refractivity contribution in [1.29, 1.82) is 0 Å². The molecule has 5 heteroatoms. The van der Waals surface area contributed by atoms with Crippen molar-refractivity contribution < 1.29 is 9.50 Å². The summed E-state index contributed by atoms with van der Waals surface area (Å²) in [5, 5.41) is 12.9. The van der Waals surface area contributed by atoms with E-state index in [4.69, 9.17) is 11.6 Å². The summed E-state index contributed by atoms with van der Waals surface area (Å²) >= 11 is 7.39. The van der Waals surface area contributed by atoms with Crippen LogP contribution >= 0.6 is 22.9 Å². The van der Waals surface area contributed by atoms with Crippen LogP contribution < -0.4 is 5.32 Å². The third kappa shape index (κ3) is 3.58. The molecular formula is C15H17ClFNOS. The second kappa shape index (κ2) is 6.68. The van der Waals surface area contributed by atoms with E-state index in [0.29, 0.717) is 5.56 Å². The maximum absolute atomic E-state index is 13.5. The van der Waals surface area contributed by atoms with Crippen molar-refractivity contribution in [3.05, 3.63) is 56.5 Å². The average Bonchev–Trinajstić information content (AvgIpc) is 2.86.